The van der Waals surface area contributed by atoms with Crippen LogP contribution in [0.15, 0.2) is 18.3 Å². The van der Waals surface area contributed by atoms with Crippen molar-refractivity contribution < 1.29 is 14.7 Å². The van der Waals surface area contributed by atoms with Crippen molar-refractivity contribution in [3.05, 3.63) is 24.0 Å². The van der Waals surface area contributed by atoms with Gasteiger partial charge in [-0.05, 0) is 25.3 Å². The third-order valence-electron chi connectivity index (χ3n) is 2.82. The van der Waals surface area contributed by atoms with Gasteiger partial charge < -0.3 is 14.6 Å². The highest BCUT2D eigenvalue weighted by Crippen LogP contribution is 2.07. The number of thioether (sulfide) groups is 1. The summed E-state index contributed by atoms with van der Waals surface area (Å²) in [6, 6.07) is 3.25. The lowest BCUT2D eigenvalue weighted by molar-refractivity contribution is -0.131. The van der Waals surface area contributed by atoms with Crippen LogP contribution in [0.5, 0.6) is 0 Å². The quantitative estimate of drug-likeness (QED) is 0.848. The Morgan fingerprint density at radius 3 is 2.78 bits per heavy atom. The lowest BCUT2D eigenvalue weighted by Gasteiger charge is -2.24. The first-order valence-electron chi connectivity index (χ1n) is 5.60. The number of rotatable bonds is 6. The molecule has 1 amide bonds. The van der Waals surface area contributed by atoms with Crippen molar-refractivity contribution in [1.29, 1.82) is 0 Å². The largest absolute Gasteiger partial charge is 0.477 e. The van der Waals surface area contributed by atoms with E-state index in [9.17, 15) is 9.59 Å². The maximum atomic E-state index is 12.0. The van der Waals surface area contributed by atoms with E-state index in [-0.39, 0.29) is 24.2 Å². The predicted octanol–water partition coefficient (Wildman–Crippen LogP) is 1.40. The highest BCUT2D eigenvalue weighted by molar-refractivity contribution is 7.98. The molecule has 1 N–H and O–H groups in total. The van der Waals surface area contributed by atoms with Crippen molar-refractivity contribution in [3.63, 3.8) is 0 Å². The van der Waals surface area contributed by atoms with Crippen LogP contribution in [0, 0.1) is 0 Å². The zero-order valence-corrected chi connectivity index (χ0v) is 11.6. The lowest BCUT2D eigenvalue weighted by atomic mass is 10.3. The molecule has 0 aliphatic carbocycles. The molecule has 0 fully saturated rings. The van der Waals surface area contributed by atoms with E-state index < -0.39 is 5.97 Å². The van der Waals surface area contributed by atoms with Crippen LogP contribution in [-0.4, -0.2) is 51.5 Å². The molecule has 1 atom stereocenters. The normalized spacial score (nSPS) is 12.2. The summed E-state index contributed by atoms with van der Waals surface area (Å²) in [6.07, 6.45) is 3.59. The number of carbonyl (C=O) groups excluding carboxylic acids is 1. The molecule has 1 heterocycles. The van der Waals surface area contributed by atoms with Crippen LogP contribution in [0.3, 0.4) is 0 Å². The number of likely N-dealkylation sites (N-methyl/N-ethyl adjacent to an activating group) is 1. The van der Waals surface area contributed by atoms with Gasteiger partial charge in [-0.15, -0.1) is 0 Å². The number of amides is 1. The van der Waals surface area contributed by atoms with Crippen molar-refractivity contribution in [3.8, 4) is 0 Å². The number of aromatic nitrogens is 1. The average molecular weight is 270 g/mol. The van der Waals surface area contributed by atoms with Gasteiger partial charge in [-0.2, -0.15) is 11.8 Å². The summed E-state index contributed by atoms with van der Waals surface area (Å²) in [7, 11) is 1.74. The van der Waals surface area contributed by atoms with Crippen LogP contribution < -0.4 is 0 Å². The molecule has 0 saturated carbocycles. The summed E-state index contributed by atoms with van der Waals surface area (Å²) in [6.45, 7) is 2.03. The van der Waals surface area contributed by atoms with Crippen molar-refractivity contribution in [2.45, 2.75) is 19.5 Å². The van der Waals surface area contributed by atoms with Crippen molar-refractivity contribution in [1.82, 2.24) is 9.47 Å². The van der Waals surface area contributed by atoms with Crippen molar-refractivity contribution in [2.24, 2.45) is 0 Å². The average Bonchev–Trinajstić information content (AvgIpc) is 2.76. The third kappa shape index (κ3) is 3.53. The van der Waals surface area contributed by atoms with Crippen LogP contribution in [0.2, 0.25) is 0 Å². The molecule has 0 spiro atoms. The molecule has 1 aromatic heterocycles. The summed E-state index contributed by atoms with van der Waals surface area (Å²) < 4.78 is 1.45. The number of carbonyl (C=O) groups is 2. The Hall–Kier alpha value is -1.43. The first-order chi connectivity index (χ1) is 8.47. The second-order valence-corrected chi connectivity index (χ2v) is 5.05. The van der Waals surface area contributed by atoms with Gasteiger partial charge in [-0.1, -0.05) is 0 Å². The van der Waals surface area contributed by atoms with Crippen LogP contribution in [0.25, 0.3) is 0 Å². The summed E-state index contributed by atoms with van der Waals surface area (Å²) in [5, 5.41) is 8.95. The molecule has 0 aromatic carbocycles. The van der Waals surface area contributed by atoms with Gasteiger partial charge in [0.15, 0.2) is 0 Å². The molecule has 0 aliphatic heterocycles. The Bertz CT molecular complexity index is 431. The molecule has 1 rings (SSSR count). The van der Waals surface area contributed by atoms with Crippen LogP contribution in [-0.2, 0) is 11.3 Å². The molecule has 0 saturated heterocycles. The molecule has 0 radical (unpaired) electrons. The maximum Gasteiger partial charge on any atom is 0.352 e. The van der Waals surface area contributed by atoms with Gasteiger partial charge in [0.25, 0.3) is 0 Å². The van der Waals surface area contributed by atoms with Gasteiger partial charge in [0.1, 0.15) is 12.2 Å². The van der Waals surface area contributed by atoms with Gasteiger partial charge in [0, 0.05) is 25.0 Å². The molecular formula is C12H18N2O3S. The highest BCUT2D eigenvalue weighted by atomic mass is 32.2. The van der Waals surface area contributed by atoms with Crippen LogP contribution >= 0.6 is 11.8 Å². The van der Waals surface area contributed by atoms with Gasteiger partial charge in [0.2, 0.25) is 5.91 Å². The SMILES string of the molecule is CSCC(C)N(C)C(=O)Cn1cccc1C(=O)O. The van der Waals surface area contributed by atoms with Crippen LogP contribution in [0.1, 0.15) is 17.4 Å². The van der Waals surface area contributed by atoms with E-state index in [2.05, 4.69) is 0 Å². The van der Waals surface area contributed by atoms with E-state index >= 15 is 0 Å². The molecule has 6 heteroatoms. The number of carboxylic acids is 1. The number of aromatic carboxylic acids is 1. The van der Waals surface area contributed by atoms with E-state index in [1.165, 1.54) is 10.6 Å². The van der Waals surface area contributed by atoms with Gasteiger partial charge in [0.05, 0.1) is 0 Å². The first-order valence-corrected chi connectivity index (χ1v) is 6.99. The van der Waals surface area contributed by atoms with E-state index in [1.54, 1.807) is 36.0 Å². The zero-order chi connectivity index (χ0) is 13.7. The second-order valence-electron chi connectivity index (χ2n) is 4.14. The number of nitrogens with zero attached hydrogens (tertiary/aromatic N) is 2. The fourth-order valence-corrected chi connectivity index (χ4v) is 2.31. The molecule has 1 aromatic rings. The highest BCUT2D eigenvalue weighted by Gasteiger charge is 2.17. The first kappa shape index (κ1) is 14.6. The summed E-state index contributed by atoms with van der Waals surface area (Å²) in [4.78, 5) is 24.6. The fourth-order valence-electron chi connectivity index (χ4n) is 1.60. The Morgan fingerprint density at radius 1 is 1.56 bits per heavy atom. The van der Waals surface area contributed by atoms with E-state index in [1.807, 2.05) is 13.2 Å². The molecule has 5 nitrogen and oxygen atoms in total. The van der Waals surface area contributed by atoms with Crippen molar-refractivity contribution >= 4 is 23.6 Å². The number of carboxylic acid groups (broad SMARTS) is 1. The lowest BCUT2D eigenvalue weighted by Crippen LogP contribution is -2.38. The third-order valence-corrected chi connectivity index (χ3v) is 3.63. The Balaban J connectivity index is 2.69. The smallest absolute Gasteiger partial charge is 0.352 e. The Morgan fingerprint density at radius 2 is 2.22 bits per heavy atom. The Kier molecular flexibility index (Phi) is 5.27. The summed E-state index contributed by atoms with van der Waals surface area (Å²) >= 11 is 1.68. The van der Waals surface area contributed by atoms with Gasteiger partial charge in [-0.3, -0.25) is 4.79 Å². The minimum Gasteiger partial charge on any atom is -0.477 e. The molecule has 100 valence electrons. The van der Waals surface area contributed by atoms with Crippen LogP contribution in [0.4, 0.5) is 0 Å². The Labute approximate surface area is 111 Å². The summed E-state index contributed by atoms with van der Waals surface area (Å²) in [5.74, 6) is -0.248. The molecule has 18 heavy (non-hydrogen) atoms. The molecule has 1 unspecified atom stereocenters. The van der Waals surface area contributed by atoms with Gasteiger partial charge in [-0.25, -0.2) is 4.79 Å². The minimum atomic E-state index is -1.02. The number of hydrogen-bond donors (Lipinski definition) is 1. The monoisotopic (exact) mass is 270 g/mol. The summed E-state index contributed by atoms with van der Waals surface area (Å²) in [5.41, 5.74) is 0.134. The van der Waals surface area contributed by atoms with E-state index in [4.69, 9.17) is 5.11 Å². The topological polar surface area (TPSA) is 62.5 Å². The predicted molar refractivity (Wildman–Crippen MR) is 72.0 cm³/mol. The van der Waals surface area contributed by atoms with E-state index in [0.717, 1.165) is 5.75 Å². The number of hydrogen-bond acceptors (Lipinski definition) is 3. The molecule has 0 bridgehead atoms. The minimum absolute atomic E-state index is 0.0594. The molecule has 0 aliphatic rings. The maximum absolute atomic E-state index is 12.0. The zero-order valence-electron chi connectivity index (χ0n) is 10.8. The van der Waals surface area contributed by atoms with E-state index in [0.29, 0.717) is 0 Å². The van der Waals surface area contributed by atoms with Crippen molar-refractivity contribution in [2.75, 3.05) is 19.1 Å². The fraction of sp³-hybridized carbons (Fsp3) is 0.500. The molecular weight excluding hydrogens is 252 g/mol. The second kappa shape index (κ2) is 6.49. The standard InChI is InChI=1S/C12H18N2O3S/c1-9(8-18-3)13(2)11(15)7-14-6-4-5-10(14)12(16)17/h4-6,9H,7-8H2,1-3H3,(H,16,17). The van der Waals surface area contributed by atoms with Gasteiger partial charge >= 0.3 is 5.97 Å².